The number of ether oxygens (including phenoxy) is 1. The van der Waals surface area contributed by atoms with Crippen molar-refractivity contribution in [3.8, 4) is 5.75 Å². The van der Waals surface area contributed by atoms with E-state index < -0.39 is 0 Å². The fraction of sp³-hybridized carbons (Fsp3) is 0.625. The first-order chi connectivity index (χ1) is 9.54. The molecule has 1 aromatic rings. The van der Waals surface area contributed by atoms with Crippen LogP contribution in [0.1, 0.15) is 39.5 Å². The molecule has 112 valence electrons. The van der Waals surface area contributed by atoms with Crippen molar-refractivity contribution in [2.45, 2.75) is 50.4 Å². The van der Waals surface area contributed by atoms with Gasteiger partial charge in [-0.25, -0.2) is 0 Å². The van der Waals surface area contributed by atoms with Crippen LogP contribution in [-0.4, -0.2) is 23.7 Å². The Morgan fingerprint density at radius 2 is 2.05 bits per heavy atom. The zero-order valence-electron chi connectivity index (χ0n) is 12.7. The molecule has 0 radical (unpaired) electrons. The number of nitrogens with two attached hydrogens (primary N) is 1. The number of nitrogen functional groups attached to an aromatic ring is 1. The minimum atomic E-state index is 0.139. The monoisotopic (exact) mass is 294 g/mol. The highest BCUT2D eigenvalue weighted by molar-refractivity contribution is 8.00. The Hall–Kier alpha value is -1.03. The second-order valence-corrected chi connectivity index (χ2v) is 7.14. The summed E-state index contributed by atoms with van der Waals surface area (Å²) in [4.78, 5) is 0. The molecule has 0 aromatic heterocycles. The molecule has 3 N–H and O–H groups in total. The van der Waals surface area contributed by atoms with Crippen LogP contribution in [0.2, 0.25) is 0 Å². The predicted molar refractivity (Wildman–Crippen MR) is 89.8 cm³/mol. The molecule has 0 saturated heterocycles. The number of benzene rings is 1. The van der Waals surface area contributed by atoms with Crippen molar-refractivity contribution in [3.05, 3.63) is 18.2 Å². The lowest BCUT2D eigenvalue weighted by Crippen LogP contribution is -2.30. The number of hydrogen-bond acceptors (Lipinski definition) is 4. The fourth-order valence-electron chi connectivity index (χ4n) is 2.74. The lowest BCUT2D eigenvalue weighted by atomic mass is 10.1. The highest BCUT2D eigenvalue weighted by atomic mass is 32.2. The van der Waals surface area contributed by atoms with Crippen molar-refractivity contribution < 1.29 is 4.74 Å². The molecule has 1 saturated carbocycles. The molecule has 0 spiro atoms. The molecule has 2 rings (SSSR count). The minimum Gasteiger partial charge on any atom is -0.489 e. The van der Waals surface area contributed by atoms with Gasteiger partial charge in [-0.1, -0.05) is 12.8 Å². The van der Waals surface area contributed by atoms with Crippen LogP contribution >= 0.6 is 11.8 Å². The summed E-state index contributed by atoms with van der Waals surface area (Å²) in [5.74, 6) is 0.773. The Morgan fingerprint density at radius 1 is 1.35 bits per heavy atom. The summed E-state index contributed by atoms with van der Waals surface area (Å²) in [6.07, 6.45) is 7.69. The lowest BCUT2D eigenvalue weighted by Gasteiger charge is -2.27. The molecule has 0 amide bonds. The number of thioether (sulfide) groups is 1. The summed E-state index contributed by atoms with van der Waals surface area (Å²) in [5, 5.41) is 3.56. The van der Waals surface area contributed by atoms with E-state index >= 15 is 0 Å². The maximum atomic E-state index is 5.95. The third-order valence-corrected chi connectivity index (χ3v) is 5.36. The summed E-state index contributed by atoms with van der Waals surface area (Å²) >= 11 is 2.00. The first-order valence-corrected chi connectivity index (χ1v) is 8.62. The summed E-state index contributed by atoms with van der Waals surface area (Å²) in [5.41, 5.74) is 7.74. The molecule has 0 bridgehead atoms. The van der Waals surface area contributed by atoms with E-state index in [4.69, 9.17) is 10.5 Å². The van der Waals surface area contributed by atoms with Crippen molar-refractivity contribution in [1.82, 2.24) is 0 Å². The van der Waals surface area contributed by atoms with E-state index in [0.29, 0.717) is 10.4 Å². The molecule has 0 atom stereocenters. The molecule has 0 unspecified atom stereocenters. The van der Waals surface area contributed by atoms with Gasteiger partial charge in [0.05, 0.1) is 11.8 Å². The van der Waals surface area contributed by atoms with E-state index in [1.165, 1.54) is 25.7 Å². The second kappa shape index (κ2) is 6.61. The van der Waals surface area contributed by atoms with Gasteiger partial charge in [0.25, 0.3) is 0 Å². The van der Waals surface area contributed by atoms with Crippen molar-refractivity contribution >= 4 is 23.1 Å². The maximum Gasteiger partial charge on any atom is 0.144 e. The topological polar surface area (TPSA) is 47.3 Å². The Bertz CT molecular complexity index is 442. The zero-order valence-corrected chi connectivity index (χ0v) is 13.6. The van der Waals surface area contributed by atoms with Gasteiger partial charge in [-0.05, 0) is 45.1 Å². The largest absolute Gasteiger partial charge is 0.489 e. The van der Waals surface area contributed by atoms with Crippen LogP contribution < -0.4 is 15.8 Å². The lowest BCUT2D eigenvalue weighted by molar-refractivity contribution is 0.244. The van der Waals surface area contributed by atoms with Gasteiger partial charge < -0.3 is 15.8 Å². The van der Waals surface area contributed by atoms with E-state index in [9.17, 15) is 0 Å². The molecule has 0 aliphatic heterocycles. The average molecular weight is 294 g/mol. The zero-order chi connectivity index (χ0) is 14.6. The van der Waals surface area contributed by atoms with Crippen molar-refractivity contribution in [2.75, 3.05) is 23.9 Å². The van der Waals surface area contributed by atoms with Gasteiger partial charge in [-0.3, -0.25) is 0 Å². The molecule has 4 heteroatoms. The van der Waals surface area contributed by atoms with Crippen LogP contribution in [-0.2, 0) is 0 Å². The van der Waals surface area contributed by atoms with E-state index in [1.807, 2.05) is 43.8 Å². The third-order valence-electron chi connectivity index (χ3n) is 3.94. The van der Waals surface area contributed by atoms with Gasteiger partial charge in [0.1, 0.15) is 5.75 Å². The number of nitrogens with one attached hydrogen (secondary N) is 1. The summed E-state index contributed by atoms with van der Waals surface area (Å²) in [6, 6.07) is 5.96. The van der Waals surface area contributed by atoms with Crippen LogP contribution in [0.3, 0.4) is 0 Å². The Kier molecular flexibility index (Phi) is 5.08. The molecule has 1 aromatic carbocycles. The first kappa shape index (κ1) is 15.4. The Labute approximate surface area is 126 Å². The van der Waals surface area contributed by atoms with Gasteiger partial charge in [-0.15, -0.1) is 0 Å². The van der Waals surface area contributed by atoms with Gasteiger partial charge >= 0.3 is 0 Å². The van der Waals surface area contributed by atoms with Crippen LogP contribution in [0.25, 0.3) is 0 Å². The number of anilines is 2. The van der Waals surface area contributed by atoms with Crippen molar-refractivity contribution in [2.24, 2.45) is 0 Å². The van der Waals surface area contributed by atoms with Crippen LogP contribution in [0.5, 0.6) is 5.75 Å². The SMILES string of the molecule is CSC1(CNc2ccc(N)c(OC(C)C)c2)CCCC1. The second-order valence-electron chi connectivity index (χ2n) is 5.87. The normalized spacial score (nSPS) is 17.4. The van der Waals surface area contributed by atoms with Crippen molar-refractivity contribution in [3.63, 3.8) is 0 Å². The predicted octanol–water partition coefficient (Wildman–Crippen LogP) is 4.14. The number of rotatable bonds is 6. The standard InChI is InChI=1S/C16H26N2OS/c1-12(2)19-15-10-13(6-7-14(15)17)18-11-16(20-3)8-4-5-9-16/h6-7,10,12,18H,4-5,8-9,11,17H2,1-3H3. The molecule has 3 nitrogen and oxygen atoms in total. The van der Waals surface area contributed by atoms with Gasteiger partial charge in [0, 0.05) is 23.0 Å². The number of hydrogen-bond donors (Lipinski definition) is 2. The van der Waals surface area contributed by atoms with Gasteiger partial charge in [0.15, 0.2) is 0 Å². The Balaban J connectivity index is 2.02. The van der Waals surface area contributed by atoms with E-state index in [1.54, 1.807) is 0 Å². The van der Waals surface area contributed by atoms with Crippen molar-refractivity contribution in [1.29, 1.82) is 0 Å². The summed E-state index contributed by atoms with van der Waals surface area (Å²) in [6.45, 7) is 5.04. The Morgan fingerprint density at radius 3 is 2.65 bits per heavy atom. The van der Waals surface area contributed by atoms with E-state index in [-0.39, 0.29) is 6.10 Å². The van der Waals surface area contributed by atoms with Crippen LogP contribution in [0.15, 0.2) is 18.2 Å². The molecule has 1 aliphatic carbocycles. The third kappa shape index (κ3) is 3.75. The highest BCUT2D eigenvalue weighted by Crippen LogP contribution is 2.40. The van der Waals surface area contributed by atoms with Gasteiger partial charge in [0.2, 0.25) is 0 Å². The molecular weight excluding hydrogens is 268 g/mol. The maximum absolute atomic E-state index is 5.95. The average Bonchev–Trinajstić information content (AvgIpc) is 2.89. The molecule has 1 aliphatic rings. The van der Waals surface area contributed by atoms with E-state index in [2.05, 4.69) is 11.6 Å². The highest BCUT2D eigenvalue weighted by Gasteiger charge is 2.32. The molecule has 1 fully saturated rings. The smallest absolute Gasteiger partial charge is 0.144 e. The molecule has 0 heterocycles. The first-order valence-electron chi connectivity index (χ1n) is 7.40. The van der Waals surface area contributed by atoms with Crippen LogP contribution in [0, 0.1) is 0 Å². The van der Waals surface area contributed by atoms with Gasteiger partial charge in [-0.2, -0.15) is 11.8 Å². The van der Waals surface area contributed by atoms with E-state index in [0.717, 1.165) is 18.0 Å². The fourth-order valence-corrected chi connectivity index (χ4v) is 3.65. The summed E-state index contributed by atoms with van der Waals surface area (Å²) < 4.78 is 6.14. The molecular formula is C16H26N2OS. The molecule has 20 heavy (non-hydrogen) atoms. The quantitative estimate of drug-likeness (QED) is 0.774. The summed E-state index contributed by atoms with van der Waals surface area (Å²) in [7, 11) is 0. The minimum absolute atomic E-state index is 0.139. The van der Waals surface area contributed by atoms with Crippen LogP contribution in [0.4, 0.5) is 11.4 Å².